The fraction of sp³-hybridized carbons (Fsp3) is 0.533. The van der Waals surface area contributed by atoms with Crippen LogP contribution in [0.15, 0.2) is 22.7 Å². The Balaban J connectivity index is 2.48. The van der Waals surface area contributed by atoms with Gasteiger partial charge in [-0.1, -0.05) is 42.6 Å². The van der Waals surface area contributed by atoms with Gasteiger partial charge in [0, 0.05) is 16.0 Å². The van der Waals surface area contributed by atoms with Crippen LogP contribution < -0.4 is 10.5 Å². The van der Waals surface area contributed by atoms with Crippen LogP contribution in [0.3, 0.4) is 0 Å². The summed E-state index contributed by atoms with van der Waals surface area (Å²) in [5, 5.41) is 9.65. The van der Waals surface area contributed by atoms with Crippen LogP contribution in [-0.2, 0) is 10.3 Å². The molecule has 0 saturated carbocycles. The van der Waals surface area contributed by atoms with Crippen LogP contribution in [0.5, 0.6) is 5.75 Å². The van der Waals surface area contributed by atoms with Gasteiger partial charge in [-0.15, -0.1) is 0 Å². The molecular weight excluding hydrogens is 322 g/mol. The second kappa shape index (κ2) is 5.74. The number of aliphatic carboxylic acids is 1. The van der Waals surface area contributed by atoms with Crippen LogP contribution in [-0.4, -0.2) is 17.2 Å². The maximum absolute atomic E-state index is 11.8. The molecule has 1 heterocycles. The molecule has 2 rings (SSSR count). The molecule has 0 bridgehead atoms. The van der Waals surface area contributed by atoms with Gasteiger partial charge in [0.2, 0.25) is 0 Å². The van der Waals surface area contributed by atoms with Crippen LogP contribution in [0.2, 0.25) is 0 Å². The van der Waals surface area contributed by atoms with E-state index in [-0.39, 0.29) is 12.0 Å². The number of carboxylic acid groups (broad SMARTS) is 1. The number of unbranched alkanes of at least 4 members (excludes halogenated alkanes) is 1. The highest BCUT2D eigenvalue weighted by Gasteiger charge is 2.50. The fourth-order valence-electron chi connectivity index (χ4n) is 2.76. The minimum Gasteiger partial charge on any atom is -0.490 e. The van der Waals surface area contributed by atoms with Crippen LogP contribution >= 0.6 is 15.9 Å². The average molecular weight is 342 g/mol. The molecule has 3 N–H and O–H groups in total. The predicted molar refractivity (Wildman–Crippen MR) is 80.7 cm³/mol. The predicted octanol–water partition coefficient (Wildman–Crippen LogP) is 3.28. The number of carbonyl (C=O) groups is 1. The Morgan fingerprint density at radius 2 is 2.25 bits per heavy atom. The van der Waals surface area contributed by atoms with Gasteiger partial charge in [-0.2, -0.15) is 0 Å². The van der Waals surface area contributed by atoms with Crippen LogP contribution in [0, 0.1) is 5.92 Å². The van der Waals surface area contributed by atoms with Gasteiger partial charge in [-0.3, -0.25) is 0 Å². The Kier molecular flexibility index (Phi) is 4.39. The minimum atomic E-state index is -1.41. The third-order valence-electron chi connectivity index (χ3n) is 4.14. The lowest BCUT2D eigenvalue weighted by Gasteiger charge is -2.42. The number of carboxylic acids is 1. The Hall–Kier alpha value is -1.07. The normalized spacial score (nSPS) is 28.6. The second-order valence-electron chi connectivity index (χ2n) is 5.40. The number of hydrogen-bond donors (Lipinski definition) is 2. The first-order valence-electron chi connectivity index (χ1n) is 6.90. The first-order valence-corrected chi connectivity index (χ1v) is 7.69. The number of hydrogen-bond acceptors (Lipinski definition) is 3. The molecule has 0 spiro atoms. The molecule has 0 aliphatic carbocycles. The standard InChI is InChI=1S/C15H20BrNO3/c1-3-4-5-12-9(2)15(17,14(18)19)11-8-10(16)6-7-13(11)20-12/h6-9,12H,3-5,17H2,1-2H3,(H,18,19). The lowest BCUT2D eigenvalue weighted by molar-refractivity contribution is -0.149. The van der Waals surface area contributed by atoms with Crippen molar-refractivity contribution in [2.45, 2.75) is 44.8 Å². The first-order chi connectivity index (χ1) is 9.41. The largest absolute Gasteiger partial charge is 0.490 e. The SMILES string of the molecule is CCCCC1Oc2ccc(Br)cc2C(N)(C(=O)O)C1C. The Morgan fingerprint density at radius 3 is 2.85 bits per heavy atom. The third-order valence-corrected chi connectivity index (χ3v) is 4.63. The summed E-state index contributed by atoms with van der Waals surface area (Å²) in [6, 6.07) is 5.37. The van der Waals surface area contributed by atoms with Crippen LogP contribution in [0.4, 0.5) is 0 Å². The van der Waals surface area contributed by atoms with Gasteiger partial charge in [0.1, 0.15) is 17.4 Å². The zero-order valence-electron chi connectivity index (χ0n) is 11.7. The minimum absolute atomic E-state index is 0.162. The summed E-state index contributed by atoms with van der Waals surface area (Å²) >= 11 is 3.36. The maximum Gasteiger partial charge on any atom is 0.328 e. The quantitative estimate of drug-likeness (QED) is 0.881. The molecule has 4 nitrogen and oxygen atoms in total. The summed E-state index contributed by atoms with van der Waals surface area (Å²) in [5.41, 5.74) is 5.42. The Morgan fingerprint density at radius 1 is 1.55 bits per heavy atom. The van der Waals surface area contributed by atoms with Gasteiger partial charge >= 0.3 is 5.97 Å². The molecule has 3 unspecified atom stereocenters. The molecule has 20 heavy (non-hydrogen) atoms. The molecule has 1 aliphatic rings. The molecule has 5 heteroatoms. The molecule has 1 aromatic carbocycles. The molecule has 0 aromatic heterocycles. The van der Waals surface area contributed by atoms with Gasteiger partial charge in [0.15, 0.2) is 0 Å². The number of ether oxygens (including phenoxy) is 1. The molecule has 1 aromatic rings. The van der Waals surface area contributed by atoms with Gasteiger partial charge in [0.25, 0.3) is 0 Å². The molecular formula is C15H20BrNO3. The number of rotatable bonds is 4. The molecule has 1 aliphatic heterocycles. The number of halogens is 1. The maximum atomic E-state index is 11.8. The van der Waals surface area contributed by atoms with E-state index in [0.29, 0.717) is 11.3 Å². The molecule has 0 saturated heterocycles. The van der Waals surface area contributed by atoms with E-state index < -0.39 is 11.5 Å². The van der Waals surface area contributed by atoms with E-state index in [2.05, 4.69) is 22.9 Å². The molecule has 0 fully saturated rings. The van der Waals surface area contributed by atoms with Crippen molar-refractivity contribution >= 4 is 21.9 Å². The van der Waals surface area contributed by atoms with Gasteiger partial charge < -0.3 is 15.6 Å². The summed E-state index contributed by atoms with van der Waals surface area (Å²) in [7, 11) is 0. The van der Waals surface area contributed by atoms with Crippen molar-refractivity contribution in [2.24, 2.45) is 11.7 Å². The van der Waals surface area contributed by atoms with Crippen molar-refractivity contribution in [2.75, 3.05) is 0 Å². The van der Waals surface area contributed by atoms with Gasteiger partial charge in [-0.25, -0.2) is 4.79 Å². The van der Waals surface area contributed by atoms with Gasteiger partial charge in [0.05, 0.1) is 0 Å². The Bertz CT molecular complexity index is 520. The van der Waals surface area contributed by atoms with E-state index in [9.17, 15) is 9.90 Å². The topological polar surface area (TPSA) is 72.5 Å². The summed E-state index contributed by atoms with van der Waals surface area (Å²) in [6.45, 7) is 3.96. The van der Waals surface area contributed by atoms with Crippen molar-refractivity contribution < 1.29 is 14.6 Å². The summed E-state index contributed by atoms with van der Waals surface area (Å²) in [6.07, 6.45) is 2.70. The second-order valence-corrected chi connectivity index (χ2v) is 6.32. The summed E-state index contributed by atoms with van der Waals surface area (Å²) < 4.78 is 6.78. The summed E-state index contributed by atoms with van der Waals surface area (Å²) in [5.74, 6) is -0.709. The summed E-state index contributed by atoms with van der Waals surface area (Å²) in [4.78, 5) is 11.8. The lowest BCUT2D eigenvalue weighted by Crippen LogP contribution is -2.57. The highest BCUT2D eigenvalue weighted by Crippen LogP contribution is 2.43. The van der Waals surface area contributed by atoms with E-state index in [0.717, 1.165) is 23.7 Å². The van der Waals surface area contributed by atoms with E-state index in [1.165, 1.54) is 0 Å². The monoisotopic (exact) mass is 341 g/mol. The zero-order valence-corrected chi connectivity index (χ0v) is 13.3. The third kappa shape index (κ3) is 2.44. The van der Waals surface area contributed by atoms with Crippen molar-refractivity contribution in [3.8, 4) is 5.75 Å². The number of fused-ring (bicyclic) bond motifs is 1. The molecule has 110 valence electrons. The lowest BCUT2D eigenvalue weighted by atomic mass is 9.73. The zero-order chi connectivity index (χ0) is 14.9. The molecule has 0 radical (unpaired) electrons. The van der Waals surface area contributed by atoms with Crippen molar-refractivity contribution in [1.82, 2.24) is 0 Å². The smallest absolute Gasteiger partial charge is 0.328 e. The van der Waals surface area contributed by atoms with Gasteiger partial charge in [-0.05, 0) is 24.6 Å². The van der Waals surface area contributed by atoms with Crippen molar-refractivity contribution in [3.63, 3.8) is 0 Å². The first kappa shape index (κ1) is 15.3. The average Bonchev–Trinajstić information content (AvgIpc) is 2.41. The fourth-order valence-corrected chi connectivity index (χ4v) is 3.12. The van der Waals surface area contributed by atoms with E-state index in [1.54, 1.807) is 12.1 Å². The van der Waals surface area contributed by atoms with Crippen LogP contribution in [0.1, 0.15) is 38.7 Å². The number of benzene rings is 1. The Labute approximate surface area is 127 Å². The number of nitrogens with two attached hydrogens (primary N) is 1. The highest BCUT2D eigenvalue weighted by molar-refractivity contribution is 9.10. The molecule has 3 atom stereocenters. The highest BCUT2D eigenvalue weighted by atomic mass is 79.9. The van der Waals surface area contributed by atoms with Crippen molar-refractivity contribution in [3.05, 3.63) is 28.2 Å². The van der Waals surface area contributed by atoms with E-state index in [1.807, 2.05) is 13.0 Å². The van der Waals surface area contributed by atoms with Crippen LogP contribution in [0.25, 0.3) is 0 Å². The molecule has 0 amide bonds. The van der Waals surface area contributed by atoms with E-state index >= 15 is 0 Å². The van der Waals surface area contributed by atoms with Crippen molar-refractivity contribution in [1.29, 1.82) is 0 Å². The van der Waals surface area contributed by atoms with E-state index in [4.69, 9.17) is 10.5 Å².